The summed E-state index contributed by atoms with van der Waals surface area (Å²) < 4.78 is 50.8. The zero-order chi connectivity index (χ0) is 31.6. The monoisotopic (exact) mass is 636 g/mol. The molecule has 2 rings (SSSR count). The summed E-state index contributed by atoms with van der Waals surface area (Å²) in [6, 6.07) is 10.4. The Bertz CT molecular complexity index is 1190. The minimum atomic E-state index is -3.88. The Hall–Kier alpha value is -1.87. The summed E-state index contributed by atoms with van der Waals surface area (Å²) >= 11 is 0. The molecular weight excluding hydrogens is 581 g/mol. The van der Waals surface area contributed by atoms with E-state index in [1.54, 1.807) is 30.3 Å². The number of benzene rings is 2. The lowest BCUT2D eigenvalue weighted by Crippen LogP contribution is -2.11. The third kappa shape index (κ3) is 12.6. The van der Waals surface area contributed by atoms with Crippen molar-refractivity contribution in [3.63, 3.8) is 0 Å². The molecule has 2 aromatic carbocycles. The second-order valence-electron chi connectivity index (χ2n) is 11.5. The molecular formula is C35H56O6S2. The first-order valence-electron chi connectivity index (χ1n) is 16.4. The van der Waals surface area contributed by atoms with Crippen LogP contribution in [0.15, 0.2) is 46.2 Å². The van der Waals surface area contributed by atoms with E-state index in [4.69, 9.17) is 8.92 Å². The Labute approximate surface area is 262 Å². The Morgan fingerprint density at radius 1 is 0.628 bits per heavy atom. The summed E-state index contributed by atoms with van der Waals surface area (Å²) in [5.41, 5.74) is 1.36. The van der Waals surface area contributed by atoms with E-state index in [9.17, 15) is 17.7 Å². The molecule has 2 aromatic rings. The van der Waals surface area contributed by atoms with E-state index in [1.165, 1.54) is 71.3 Å². The second kappa shape index (κ2) is 20.2. The molecule has 244 valence electrons. The minimum Gasteiger partial charge on any atom is -0.457 e. The quantitative estimate of drug-likeness (QED) is 0.0913. The molecule has 0 saturated heterocycles. The number of aliphatic hydroxyl groups excluding tert-OH is 1. The number of aliphatic hydroxyl groups is 1. The summed E-state index contributed by atoms with van der Waals surface area (Å²) in [5, 5.41) is 9.68. The molecule has 8 heteroatoms. The highest BCUT2D eigenvalue weighted by atomic mass is 32.2. The number of hydrogen-bond acceptors (Lipinski definition) is 6. The van der Waals surface area contributed by atoms with E-state index in [0.717, 1.165) is 44.1 Å². The lowest BCUT2D eigenvalue weighted by atomic mass is 10.0. The van der Waals surface area contributed by atoms with Crippen molar-refractivity contribution in [2.75, 3.05) is 13.0 Å². The number of rotatable bonds is 24. The van der Waals surface area contributed by atoms with Gasteiger partial charge in [-0.1, -0.05) is 116 Å². The van der Waals surface area contributed by atoms with Gasteiger partial charge in [-0.25, -0.2) is 12.6 Å². The van der Waals surface area contributed by atoms with Crippen molar-refractivity contribution >= 4 is 25.5 Å². The average molecular weight is 637 g/mol. The molecule has 1 N–H and O–H groups in total. The largest absolute Gasteiger partial charge is 0.457 e. The molecule has 1 unspecified atom stereocenters. The van der Waals surface area contributed by atoms with E-state index in [-0.39, 0.29) is 4.90 Å². The van der Waals surface area contributed by atoms with E-state index >= 15 is 0 Å². The SMILES string of the molecule is C=S(=O)(OC)c1cccc(Oc2cccc(S(=O)(=O)CO)c2CCCCCCCCCC)c1CCCCCCCCCC. The Morgan fingerprint density at radius 2 is 1.02 bits per heavy atom. The van der Waals surface area contributed by atoms with Gasteiger partial charge in [-0.2, -0.15) is 0 Å². The summed E-state index contributed by atoms with van der Waals surface area (Å²) in [6.07, 6.45) is 19.6. The van der Waals surface area contributed by atoms with Crippen molar-refractivity contribution in [1.29, 1.82) is 0 Å². The summed E-state index contributed by atoms with van der Waals surface area (Å²) in [4.78, 5) is 0.619. The smallest absolute Gasteiger partial charge is 0.202 e. The molecule has 0 aliphatic heterocycles. The van der Waals surface area contributed by atoms with Gasteiger partial charge in [0.1, 0.15) is 27.2 Å². The van der Waals surface area contributed by atoms with E-state index in [2.05, 4.69) is 19.7 Å². The lowest BCUT2D eigenvalue weighted by Gasteiger charge is -2.20. The molecule has 0 aromatic heterocycles. The molecule has 0 heterocycles. The molecule has 0 amide bonds. The standard InChI is InChI=1S/C35H56O6S2/c1-5-7-9-11-13-15-17-19-23-30-32(25-21-27-34(30)42(4,37)40-3)41-33-26-22-28-35(43(38,39)29-36)31(33)24-20-18-16-14-12-10-8-6-2/h21-22,25-28,36H,4-20,23-24,29H2,1-3H3. The molecule has 0 bridgehead atoms. The van der Waals surface area contributed by atoms with Crippen molar-refractivity contribution in [3.05, 3.63) is 47.5 Å². The predicted molar refractivity (Wildman–Crippen MR) is 180 cm³/mol. The van der Waals surface area contributed by atoms with Crippen molar-refractivity contribution < 1.29 is 26.7 Å². The molecule has 0 spiro atoms. The van der Waals surface area contributed by atoms with Crippen LogP contribution in [0.2, 0.25) is 0 Å². The molecule has 6 nitrogen and oxygen atoms in total. The Balaban J connectivity index is 2.30. The molecule has 0 radical (unpaired) electrons. The highest BCUT2D eigenvalue weighted by molar-refractivity contribution is 7.96. The molecule has 1 atom stereocenters. The van der Waals surface area contributed by atoms with Crippen LogP contribution in [-0.2, 0) is 36.7 Å². The number of sulfone groups is 1. The van der Waals surface area contributed by atoms with Gasteiger partial charge in [0.25, 0.3) is 0 Å². The van der Waals surface area contributed by atoms with Gasteiger partial charge in [0.15, 0.2) is 0 Å². The first-order valence-corrected chi connectivity index (χ1v) is 19.7. The highest BCUT2D eigenvalue weighted by Gasteiger charge is 2.23. The minimum absolute atomic E-state index is 0.106. The number of unbranched alkanes of at least 4 members (excludes halogenated alkanes) is 14. The summed E-state index contributed by atoms with van der Waals surface area (Å²) in [7, 11) is -5.46. The average Bonchev–Trinajstić information content (AvgIpc) is 3.00. The summed E-state index contributed by atoms with van der Waals surface area (Å²) in [6.45, 7) is 4.43. The van der Waals surface area contributed by atoms with E-state index < -0.39 is 25.6 Å². The van der Waals surface area contributed by atoms with Gasteiger partial charge < -0.3 is 9.84 Å². The zero-order valence-electron chi connectivity index (χ0n) is 26.9. The fourth-order valence-electron chi connectivity index (χ4n) is 5.51. The van der Waals surface area contributed by atoms with Crippen LogP contribution in [0.4, 0.5) is 0 Å². The predicted octanol–water partition coefficient (Wildman–Crippen LogP) is 9.21. The topological polar surface area (TPSA) is 89.9 Å². The van der Waals surface area contributed by atoms with E-state index in [0.29, 0.717) is 34.8 Å². The van der Waals surface area contributed by atoms with Crippen molar-refractivity contribution in [3.8, 4) is 11.5 Å². The molecule has 0 saturated carbocycles. The van der Waals surface area contributed by atoms with Gasteiger partial charge in [-0.05, 0) is 55.8 Å². The van der Waals surface area contributed by atoms with Crippen LogP contribution in [0.5, 0.6) is 11.5 Å². The van der Waals surface area contributed by atoms with Crippen LogP contribution < -0.4 is 4.74 Å². The van der Waals surface area contributed by atoms with Crippen LogP contribution in [0.25, 0.3) is 0 Å². The van der Waals surface area contributed by atoms with Crippen molar-refractivity contribution in [1.82, 2.24) is 0 Å². The summed E-state index contributed by atoms with van der Waals surface area (Å²) in [5.74, 6) is 3.87. The van der Waals surface area contributed by atoms with Crippen LogP contribution in [0.1, 0.15) is 128 Å². The molecule has 0 aliphatic carbocycles. The van der Waals surface area contributed by atoms with Gasteiger partial charge in [0, 0.05) is 11.1 Å². The fourth-order valence-corrected chi connectivity index (χ4v) is 7.55. The normalized spacial score (nSPS) is 13.2. The number of ether oxygens (including phenoxy) is 1. The third-order valence-corrected chi connectivity index (χ3v) is 11.1. The third-order valence-electron chi connectivity index (χ3n) is 8.07. The van der Waals surface area contributed by atoms with Gasteiger partial charge >= 0.3 is 0 Å². The molecule has 43 heavy (non-hydrogen) atoms. The van der Waals surface area contributed by atoms with Crippen LogP contribution in [0.3, 0.4) is 0 Å². The van der Waals surface area contributed by atoms with Crippen LogP contribution in [-0.4, -0.2) is 36.7 Å². The Kier molecular flexibility index (Phi) is 17.5. The maximum atomic E-state index is 13.3. The van der Waals surface area contributed by atoms with Gasteiger partial charge in [0.05, 0.1) is 16.9 Å². The van der Waals surface area contributed by atoms with Crippen LogP contribution in [0, 0.1) is 0 Å². The first-order chi connectivity index (χ1) is 20.7. The van der Waals surface area contributed by atoms with Gasteiger partial charge in [-0.15, -0.1) is 0 Å². The molecule has 0 fully saturated rings. The van der Waals surface area contributed by atoms with Crippen LogP contribution >= 0.6 is 0 Å². The van der Waals surface area contributed by atoms with Crippen molar-refractivity contribution in [2.24, 2.45) is 0 Å². The maximum absolute atomic E-state index is 13.3. The van der Waals surface area contributed by atoms with E-state index in [1.807, 2.05) is 6.07 Å². The second-order valence-corrected chi connectivity index (χ2v) is 15.5. The first kappa shape index (κ1) is 37.3. The fraction of sp³-hybridized carbons (Fsp3) is 0.629. The van der Waals surface area contributed by atoms with Crippen molar-refractivity contribution in [2.45, 2.75) is 139 Å². The van der Waals surface area contributed by atoms with Gasteiger partial charge in [0.2, 0.25) is 9.84 Å². The highest BCUT2D eigenvalue weighted by Crippen LogP contribution is 2.36. The molecule has 0 aliphatic rings. The lowest BCUT2D eigenvalue weighted by molar-refractivity contribution is 0.358. The Morgan fingerprint density at radius 3 is 1.44 bits per heavy atom. The van der Waals surface area contributed by atoms with Gasteiger partial charge in [-0.3, -0.25) is 4.18 Å². The number of hydrogen-bond donors (Lipinski definition) is 1. The maximum Gasteiger partial charge on any atom is 0.202 e. The zero-order valence-corrected chi connectivity index (χ0v) is 28.5.